The van der Waals surface area contributed by atoms with Gasteiger partial charge in [0.2, 0.25) is 0 Å². The predicted molar refractivity (Wildman–Crippen MR) is 114 cm³/mol. The molecule has 0 N–H and O–H groups in total. The Labute approximate surface area is 173 Å². The lowest BCUT2D eigenvalue weighted by molar-refractivity contribution is 0.0600. The monoisotopic (exact) mass is 416 g/mol. The zero-order valence-electron chi connectivity index (χ0n) is 17.0. The molecule has 1 aliphatic heterocycles. The van der Waals surface area contributed by atoms with Crippen molar-refractivity contribution in [3.05, 3.63) is 60.2 Å². The number of piperazine rings is 1. The summed E-state index contributed by atoms with van der Waals surface area (Å²) < 4.78 is 29.6. The average molecular weight is 417 g/mol. The highest BCUT2D eigenvalue weighted by Gasteiger charge is 2.24. The smallest absolute Gasteiger partial charge is 0.337 e. The van der Waals surface area contributed by atoms with Gasteiger partial charge in [0.05, 0.1) is 23.3 Å². The van der Waals surface area contributed by atoms with Gasteiger partial charge in [0.15, 0.2) is 9.84 Å². The molecule has 0 amide bonds. The third-order valence-electron chi connectivity index (χ3n) is 5.38. The standard InChI is InChI=1S/C22H28N2O4S/c1-18-17-24(20-11-9-19(10-12-20)22(25)28-2)15-14-23(18)13-6-16-29(26,27)21-7-4-3-5-8-21/h3-5,7-12,18H,6,13-17H2,1-2H3. The molecule has 2 aromatic carbocycles. The van der Waals surface area contributed by atoms with Crippen molar-refractivity contribution in [3.8, 4) is 0 Å². The molecule has 0 aliphatic carbocycles. The number of benzene rings is 2. The minimum absolute atomic E-state index is 0.166. The number of hydrogen-bond donors (Lipinski definition) is 0. The number of methoxy groups -OCH3 is 1. The van der Waals surface area contributed by atoms with Crippen LogP contribution in [0.1, 0.15) is 23.7 Å². The van der Waals surface area contributed by atoms with Crippen LogP contribution in [0.2, 0.25) is 0 Å². The van der Waals surface area contributed by atoms with Crippen LogP contribution >= 0.6 is 0 Å². The summed E-state index contributed by atoms with van der Waals surface area (Å²) in [5.41, 5.74) is 1.62. The Hall–Kier alpha value is -2.38. The second-order valence-electron chi connectivity index (χ2n) is 7.35. The SMILES string of the molecule is COC(=O)c1ccc(N2CCN(CCCS(=O)(=O)c3ccccc3)C(C)C2)cc1. The Kier molecular flexibility index (Phi) is 6.92. The maximum atomic E-state index is 12.4. The molecule has 29 heavy (non-hydrogen) atoms. The topological polar surface area (TPSA) is 66.9 Å². The lowest BCUT2D eigenvalue weighted by atomic mass is 10.1. The summed E-state index contributed by atoms with van der Waals surface area (Å²) in [5.74, 6) is -0.168. The van der Waals surface area contributed by atoms with Gasteiger partial charge in [-0.3, -0.25) is 4.90 Å². The molecule has 3 rings (SSSR count). The Morgan fingerprint density at radius 1 is 1.07 bits per heavy atom. The molecule has 6 nitrogen and oxygen atoms in total. The van der Waals surface area contributed by atoms with Gasteiger partial charge in [0.1, 0.15) is 0 Å². The zero-order chi connectivity index (χ0) is 20.9. The van der Waals surface area contributed by atoms with Crippen molar-refractivity contribution < 1.29 is 17.9 Å². The van der Waals surface area contributed by atoms with Gasteiger partial charge in [-0.25, -0.2) is 13.2 Å². The van der Waals surface area contributed by atoms with E-state index in [1.165, 1.54) is 7.11 Å². The van der Waals surface area contributed by atoms with Crippen LogP contribution in [0.15, 0.2) is 59.5 Å². The normalized spacial score (nSPS) is 17.9. The molecule has 1 fully saturated rings. The minimum Gasteiger partial charge on any atom is -0.465 e. The van der Waals surface area contributed by atoms with Crippen LogP contribution < -0.4 is 4.90 Å². The summed E-state index contributed by atoms with van der Waals surface area (Å²) in [7, 11) is -1.84. The van der Waals surface area contributed by atoms with E-state index in [0.29, 0.717) is 22.9 Å². The van der Waals surface area contributed by atoms with Gasteiger partial charge in [-0.05, 0) is 56.3 Å². The summed E-state index contributed by atoms with van der Waals surface area (Å²) >= 11 is 0. The third-order valence-corrected chi connectivity index (χ3v) is 7.20. The molecule has 156 valence electrons. The largest absolute Gasteiger partial charge is 0.465 e. The Balaban J connectivity index is 1.51. The first-order valence-electron chi connectivity index (χ1n) is 9.86. The van der Waals surface area contributed by atoms with Gasteiger partial charge in [-0.1, -0.05) is 18.2 Å². The first-order valence-corrected chi connectivity index (χ1v) is 11.5. The molecule has 1 aliphatic rings. The highest BCUT2D eigenvalue weighted by Crippen LogP contribution is 2.21. The number of ether oxygens (including phenoxy) is 1. The molecule has 0 saturated carbocycles. The molecule has 2 aromatic rings. The zero-order valence-corrected chi connectivity index (χ0v) is 17.8. The quantitative estimate of drug-likeness (QED) is 0.647. The average Bonchev–Trinajstić information content (AvgIpc) is 2.75. The van der Waals surface area contributed by atoms with Crippen LogP contribution in [0.4, 0.5) is 5.69 Å². The van der Waals surface area contributed by atoms with Crippen molar-refractivity contribution in [1.82, 2.24) is 4.90 Å². The van der Waals surface area contributed by atoms with Crippen LogP contribution in [-0.2, 0) is 14.6 Å². The molecule has 7 heteroatoms. The molecule has 0 spiro atoms. The van der Waals surface area contributed by atoms with Crippen molar-refractivity contribution in [2.24, 2.45) is 0 Å². The van der Waals surface area contributed by atoms with Crippen molar-refractivity contribution in [2.45, 2.75) is 24.3 Å². The highest BCUT2D eigenvalue weighted by atomic mass is 32.2. The lowest BCUT2D eigenvalue weighted by Crippen LogP contribution is -2.52. The lowest BCUT2D eigenvalue weighted by Gasteiger charge is -2.41. The fraction of sp³-hybridized carbons (Fsp3) is 0.409. The second kappa shape index (κ2) is 9.41. The van der Waals surface area contributed by atoms with Crippen molar-refractivity contribution in [2.75, 3.05) is 43.9 Å². The maximum Gasteiger partial charge on any atom is 0.337 e. The summed E-state index contributed by atoms with van der Waals surface area (Å²) in [6, 6.07) is 16.4. The van der Waals surface area contributed by atoms with Gasteiger partial charge in [-0.2, -0.15) is 0 Å². The van der Waals surface area contributed by atoms with Crippen molar-refractivity contribution in [3.63, 3.8) is 0 Å². The van der Waals surface area contributed by atoms with Crippen molar-refractivity contribution in [1.29, 1.82) is 0 Å². The van der Waals surface area contributed by atoms with E-state index in [2.05, 4.69) is 16.7 Å². The highest BCUT2D eigenvalue weighted by molar-refractivity contribution is 7.91. The number of sulfone groups is 1. The number of nitrogens with zero attached hydrogens (tertiary/aromatic N) is 2. The summed E-state index contributed by atoms with van der Waals surface area (Å²) in [6.07, 6.45) is 0.620. The van der Waals surface area contributed by atoms with Gasteiger partial charge < -0.3 is 9.64 Å². The Bertz CT molecular complexity index is 914. The van der Waals surface area contributed by atoms with Crippen molar-refractivity contribution >= 4 is 21.5 Å². The van der Waals surface area contributed by atoms with E-state index < -0.39 is 9.84 Å². The van der Waals surface area contributed by atoms with Crippen LogP contribution in [0.3, 0.4) is 0 Å². The fourth-order valence-corrected chi connectivity index (χ4v) is 5.01. The summed E-state index contributed by atoms with van der Waals surface area (Å²) in [5, 5.41) is 0. The molecule has 1 saturated heterocycles. The summed E-state index contributed by atoms with van der Waals surface area (Å²) in [6.45, 7) is 5.55. The number of rotatable bonds is 7. The maximum absolute atomic E-state index is 12.4. The molecule has 0 aromatic heterocycles. The van der Waals surface area contributed by atoms with E-state index in [-0.39, 0.29) is 11.7 Å². The molecular weight excluding hydrogens is 388 g/mol. The Morgan fingerprint density at radius 3 is 2.38 bits per heavy atom. The summed E-state index contributed by atoms with van der Waals surface area (Å²) in [4.78, 5) is 16.6. The van der Waals surface area contributed by atoms with E-state index in [0.717, 1.165) is 31.9 Å². The predicted octanol–water partition coefficient (Wildman–Crippen LogP) is 2.85. The third kappa shape index (κ3) is 5.36. The molecule has 1 heterocycles. The van der Waals surface area contributed by atoms with E-state index in [4.69, 9.17) is 4.74 Å². The first kappa shape index (κ1) is 21.3. The molecule has 0 bridgehead atoms. The number of hydrogen-bond acceptors (Lipinski definition) is 6. The first-order chi connectivity index (χ1) is 13.9. The second-order valence-corrected chi connectivity index (χ2v) is 9.46. The number of carbonyl (C=O) groups is 1. The number of anilines is 1. The van der Waals surface area contributed by atoms with E-state index in [1.807, 2.05) is 18.2 Å². The van der Waals surface area contributed by atoms with Crippen LogP contribution in [0, 0.1) is 0 Å². The molecule has 1 unspecified atom stereocenters. The van der Waals surface area contributed by atoms with E-state index in [1.54, 1.807) is 36.4 Å². The molecule has 0 radical (unpaired) electrons. The fourth-order valence-electron chi connectivity index (χ4n) is 3.69. The Morgan fingerprint density at radius 2 is 1.76 bits per heavy atom. The minimum atomic E-state index is -3.22. The number of esters is 1. The van der Waals surface area contributed by atoms with Gasteiger partial charge in [-0.15, -0.1) is 0 Å². The van der Waals surface area contributed by atoms with Crippen LogP contribution in [0.5, 0.6) is 0 Å². The van der Waals surface area contributed by atoms with Gasteiger partial charge >= 0.3 is 5.97 Å². The van der Waals surface area contributed by atoms with E-state index >= 15 is 0 Å². The number of carbonyl (C=O) groups excluding carboxylic acids is 1. The van der Waals surface area contributed by atoms with Gasteiger partial charge in [0, 0.05) is 31.4 Å². The van der Waals surface area contributed by atoms with Gasteiger partial charge in [0.25, 0.3) is 0 Å². The molecular formula is C22H28N2O4S. The molecule has 1 atom stereocenters. The van der Waals surface area contributed by atoms with Crippen LogP contribution in [-0.4, -0.2) is 64.4 Å². The van der Waals surface area contributed by atoms with Crippen LogP contribution in [0.25, 0.3) is 0 Å². The van der Waals surface area contributed by atoms with E-state index in [9.17, 15) is 13.2 Å².